The summed E-state index contributed by atoms with van der Waals surface area (Å²) in [6, 6.07) is 7.23. The first-order valence-electron chi connectivity index (χ1n) is 7.60. The first-order chi connectivity index (χ1) is 9.10. The molecule has 1 saturated carbocycles. The maximum Gasteiger partial charge on any atom is 0.123 e. The number of nitrogens with one attached hydrogen (secondary N) is 1. The Morgan fingerprint density at radius 3 is 2.68 bits per heavy atom. The molecule has 2 rings (SSSR count). The fourth-order valence-corrected chi connectivity index (χ4v) is 2.58. The fraction of sp³-hybridized carbons (Fsp3) is 0.647. The lowest BCUT2D eigenvalue weighted by Gasteiger charge is -2.36. The van der Waals surface area contributed by atoms with Crippen LogP contribution in [0, 0.1) is 6.92 Å². The second kappa shape index (κ2) is 6.42. The summed E-state index contributed by atoms with van der Waals surface area (Å²) in [6.45, 7) is 9.91. The number of rotatable bonds is 6. The molecule has 0 amide bonds. The average Bonchev–Trinajstić information content (AvgIpc) is 2.31. The molecule has 1 aromatic rings. The highest BCUT2D eigenvalue weighted by atomic mass is 16.5. The summed E-state index contributed by atoms with van der Waals surface area (Å²) in [6.07, 6.45) is 3.89. The van der Waals surface area contributed by atoms with E-state index >= 15 is 0 Å². The summed E-state index contributed by atoms with van der Waals surface area (Å²) >= 11 is 0. The SMILES string of the molecule is CCCNC1CC(Oc2cc(C)ccc2C(C)C)C1. The monoisotopic (exact) mass is 261 g/mol. The highest BCUT2D eigenvalue weighted by Crippen LogP contribution is 2.32. The van der Waals surface area contributed by atoms with Crippen LogP contribution in [0.3, 0.4) is 0 Å². The van der Waals surface area contributed by atoms with Gasteiger partial charge in [0.1, 0.15) is 11.9 Å². The molecule has 0 aliphatic heterocycles. The van der Waals surface area contributed by atoms with Crippen molar-refractivity contribution < 1.29 is 4.74 Å². The minimum Gasteiger partial charge on any atom is -0.490 e. The van der Waals surface area contributed by atoms with Crippen LogP contribution in [0.2, 0.25) is 0 Å². The van der Waals surface area contributed by atoms with Crippen molar-refractivity contribution in [3.63, 3.8) is 0 Å². The number of aryl methyl sites for hydroxylation is 1. The second-order valence-electron chi connectivity index (χ2n) is 6.06. The lowest BCUT2D eigenvalue weighted by molar-refractivity contribution is 0.0840. The first kappa shape index (κ1) is 14.4. The quantitative estimate of drug-likeness (QED) is 0.835. The van der Waals surface area contributed by atoms with Gasteiger partial charge in [-0.05, 0) is 55.8 Å². The van der Waals surface area contributed by atoms with E-state index in [0.717, 1.165) is 25.1 Å². The van der Waals surface area contributed by atoms with Gasteiger partial charge < -0.3 is 10.1 Å². The molecule has 0 radical (unpaired) electrons. The highest BCUT2D eigenvalue weighted by molar-refractivity contribution is 5.39. The van der Waals surface area contributed by atoms with Gasteiger partial charge in [-0.1, -0.05) is 32.9 Å². The molecule has 1 N–H and O–H groups in total. The van der Waals surface area contributed by atoms with Crippen molar-refractivity contribution in [3.05, 3.63) is 29.3 Å². The minimum absolute atomic E-state index is 0.397. The van der Waals surface area contributed by atoms with Crippen molar-refractivity contribution in [2.75, 3.05) is 6.54 Å². The molecule has 1 aliphatic rings. The van der Waals surface area contributed by atoms with Crippen molar-refractivity contribution in [2.24, 2.45) is 0 Å². The fourth-order valence-electron chi connectivity index (χ4n) is 2.58. The molecule has 1 aliphatic carbocycles. The van der Waals surface area contributed by atoms with Crippen LogP contribution in [-0.4, -0.2) is 18.7 Å². The normalized spacial score (nSPS) is 22.4. The Labute approximate surface area is 117 Å². The summed E-state index contributed by atoms with van der Waals surface area (Å²) < 4.78 is 6.19. The van der Waals surface area contributed by atoms with E-state index in [4.69, 9.17) is 4.74 Å². The number of hydrogen-bond donors (Lipinski definition) is 1. The Morgan fingerprint density at radius 1 is 1.32 bits per heavy atom. The molecule has 0 atom stereocenters. The third-order valence-corrected chi connectivity index (χ3v) is 3.86. The van der Waals surface area contributed by atoms with Gasteiger partial charge in [0.2, 0.25) is 0 Å². The molecule has 0 spiro atoms. The summed E-state index contributed by atoms with van der Waals surface area (Å²) in [5, 5.41) is 3.55. The van der Waals surface area contributed by atoms with E-state index in [1.54, 1.807) is 0 Å². The molecular weight excluding hydrogens is 234 g/mol. The summed E-state index contributed by atoms with van der Waals surface area (Å²) in [5.74, 6) is 1.61. The zero-order chi connectivity index (χ0) is 13.8. The molecule has 2 heteroatoms. The van der Waals surface area contributed by atoms with Crippen LogP contribution in [0.4, 0.5) is 0 Å². The molecule has 19 heavy (non-hydrogen) atoms. The van der Waals surface area contributed by atoms with Crippen molar-refractivity contribution in [1.29, 1.82) is 0 Å². The molecule has 1 fully saturated rings. The highest BCUT2D eigenvalue weighted by Gasteiger charge is 2.30. The van der Waals surface area contributed by atoms with Gasteiger partial charge in [-0.2, -0.15) is 0 Å². The molecule has 0 bridgehead atoms. The van der Waals surface area contributed by atoms with Gasteiger partial charge in [-0.15, -0.1) is 0 Å². The van der Waals surface area contributed by atoms with Crippen LogP contribution in [0.15, 0.2) is 18.2 Å². The van der Waals surface area contributed by atoms with Crippen molar-refractivity contribution in [1.82, 2.24) is 5.32 Å². The van der Waals surface area contributed by atoms with E-state index < -0.39 is 0 Å². The molecule has 0 aromatic heterocycles. The second-order valence-corrected chi connectivity index (χ2v) is 6.06. The van der Waals surface area contributed by atoms with Crippen LogP contribution in [0.5, 0.6) is 5.75 Å². The smallest absolute Gasteiger partial charge is 0.123 e. The van der Waals surface area contributed by atoms with E-state index in [9.17, 15) is 0 Å². The molecule has 0 unspecified atom stereocenters. The predicted octanol–water partition coefficient (Wildman–Crippen LogP) is 4.03. The van der Waals surface area contributed by atoms with Gasteiger partial charge in [0.05, 0.1) is 0 Å². The number of hydrogen-bond acceptors (Lipinski definition) is 2. The molecule has 1 aromatic carbocycles. The largest absolute Gasteiger partial charge is 0.490 e. The zero-order valence-corrected chi connectivity index (χ0v) is 12.7. The maximum absolute atomic E-state index is 6.19. The predicted molar refractivity (Wildman–Crippen MR) is 81.0 cm³/mol. The van der Waals surface area contributed by atoms with E-state index in [1.165, 1.54) is 17.5 Å². The van der Waals surface area contributed by atoms with Crippen LogP contribution < -0.4 is 10.1 Å². The Kier molecular flexibility index (Phi) is 4.87. The number of benzene rings is 1. The topological polar surface area (TPSA) is 21.3 Å². The lowest BCUT2D eigenvalue weighted by atomic mass is 9.89. The minimum atomic E-state index is 0.397. The van der Waals surface area contributed by atoms with E-state index in [1.807, 2.05) is 0 Å². The van der Waals surface area contributed by atoms with Gasteiger partial charge in [0.15, 0.2) is 0 Å². The van der Waals surface area contributed by atoms with Gasteiger partial charge in [0.25, 0.3) is 0 Å². The Morgan fingerprint density at radius 2 is 2.05 bits per heavy atom. The van der Waals surface area contributed by atoms with E-state index in [-0.39, 0.29) is 0 Å². The Hall–Kier alpha value is -1.02. The maximum atomic E-state index is 6.19. The average molecular weight is 261 g/mol. The van der Waals surface area contributed by atoms with E-state index in [2.05, 4.69) is 51.2 Å². The Balaban J connectivity index is 1.92. The molecule has 106 valence electrons. The zero-order valence-electron chi connectivity index (χ0n) is 12.7. The Bertz CT molecular complexity index is 408. The van der Waals surface area contributed by atoms with Crippen molar-refractivity contribution >= 4 is 0 Å². The summed E-state index contributed by atoms with van der Waals surface area (Å²) in [7, 11) is 0. The van der Waals surface area contributed by atoms with Gasteiger partial charge in [-0.3, -0.25) is 0 Å². The lowest BCUT2D eigenvalue weighted by Crippen LogP contribution is -2.47. The van der Waals surface area contributed by atoms with Crippen molar-refractivity contribution in [2.45, 2.75) is 65.0 Å². The third-order valence-electron chi connectivity index (χ3n) is 3.86. The summed E-state index contributed by atoms with van der Waals surface area (Å²) in [4.78, 5) is 0. The standard InChI is InChI=1S/C17H27NO/c1-5-8-18-14-10-15(11-14)19-17-9-13(4)6-7-16(17)12(2)3/h6-7,9,12,14-15,18H,5,8,10-11H2,1-4H3. The van der Waals surface area contributed by atoms with Gasteiger partial charge in [-0.25, -0.2) is 0 Å². The molecule has 0 saturated heterocycles. The van der Waals surface area contributed by atoms with Crippen molar-refractivity contribution in [3.8, 4) is 5.75 Å². The van der Waals surface area contributed by atoms with Gasteiger partial charge in [0, 0.05) is 6.04 Å². The molecule has 2 nitrogen and oxygen atoms in total. The van der Waals surface area contributed by atoms with Gasteiger partial charge >= 0.3 is 0 Å². The van der Waals surface area contributed by atoms with Crippen LogP contribution >= 0.6 is 0 Å². The van der Waals surface area contributed by atoms with Crippen LogP contribution in [0.25, 0.3) is 0 Å². The number of ether oxygens (including phenoxy) is 1. The first-order valence-corrected chi connectivity index (χ1v) is 7.60. The molecular formula is C17H27NO. The summed E-state index contributed by atoms with van der Waals surface area (Å²) in [5.41, 5.74) is 2.61. The van der Waals surface area contributed by atoms with Crippen LogP contribution in [-0.2, 0) is 0 Å². The molecule has 0 heterocycles. The van der Waals surface area contributed by atoms with Crippen LogP contribution in [0.1, 0.15) is 57.1 Å². The third kappa shape index (κ3) is 3.73. The van der Waals surface area contributed by atoms with E-state index in [0.29, 0.717) is 18.1 Å².